The molecule has 0 aliphatic rings. The van der Waals surface area contributed by atoms with Gasteiger partial charge in [0.25, 0.3) is 5.56 Å². The molecule has 0 spiro atoms. The highest BCUT2D eigenvalue weighted by Crippen LogP contribution is 2.30. The van der Waals surface area contributed by atoms with Gasteiger partial charge < -0.3 is 19.5 Å². The highest BCUT2D eigenvalue weighted by Gasteiger charge is 2.16. The molecule has 2 rings (SSSR count). The summed E-state index contributed by atoms with van der Waals surface area (Å²) in [6.07, 6.45) is 2.20. The number of aromatic hydroxyl groups is 1. The molecule has 0 saturated carbocycles. The largest absolute Gasteiger partial charge is 0.497 e. The number of nitrogens with zero attached hydrogens (tertiary/aromatic N) is 3. The van der Waals surface area contributed by atoms with Gasteiger partial charge in [-0.1, -0.05) is 0 Å². The maximum absolute atomic E-state index is 12.2. The van der Waals surface area contributed by atoms with E-state index in [9.17, 15) is 9.90 Å². The number of nitrogens with one attached hydrogen (secondary N) is 1. The van der Waals surface area contributed by atoms with E-state index in [0.29, 0.717) is 23.7 Å². The summed E-state index contributed by atoms with van der Waals surface area (Å²) in [6, 6.07) is 5.07. The Morgan fingerprint density at radius 1 is 1.33 bits per heavy atom. The van der Waals surface area contributed by atoms with Crippen molar-refractivity contribution >= 4 is 18.4 Å². The first-order valence-electron chi connectivity index (χ1n) is 8.34. The van der Waals surface area contributed by atoms with Gasteiger partial charge in [0.15, 0.2) is 4.77 Å². The molecule has 146 valence electrons. The molecule has 2 N–H and O–H groups in total. The van der Waals surface area contributed by atoms with Crippen LogP contribution in [0.1, 0.15) is 12.0 Å². The molecule has 0 amide bonds. The number of ether oxygens (including phenoxy) is 2. The first kappa shape index (κ1) is 20.7. The molecule has 0 atom stereocenters. The number of rotatable bonds is 8. The molecule has 0 radical (unpaired) electrons. The maximum atomic E-state index is 12.2. The Kier molecular flexibility index (Phi) is 7.14. The molecule has 1 aromatic heterocycles. The van der Waals surface area contributed by atoms with Crippen LogP contribution in [0.4, 0.5) is 0 Å². The van der Waals surface area contributed by atoms with E-state index in [1.165, 1.54) is 25.0 Å². The van der Waals surface area contributed by atoms with E-state index < -0.39 is 5.56 Å². The summed E-state index contributed by atoms with van der Waals surface area (Å²) in [5, 5.41) is 10.7. The summed E-state index contributed by atoms with van der Waals surface area (Å²) in [6.45, 7) is 1.42. The van der Waals surface area contributed by atoms with Crippen LogP contribution < -0.4 is 15.0 Å². The second-order valence-corrected chi connectivity index (χ2v) is 6.45. The van der Waals surface area contributed by atoms with Crippen molar-refractivity contribution in [3.63, 3.8) is 0 Å². The van der Waals surface area contributed by atoms with Crippen LogP contribution in [0.3, 0.4) is 0 Å². The number of aromatic amines is 1. The first-order valence-corrected chi connectivity index (χ1v) is 8.75. The molecule has 1 heterocycles. The Morgan fingerprint density at radius 2 is 2.07 bits per heavy atom. The van der Waals surface area contributed by atoms with E-state index in [0.717, 1.165) is 13.0 Å². The minimum Gasteiger partial charge on any atom is -0.497 e. The number of aliphatic imine (C=N–C) groups is 1. The molecular formula is C18H24N4O4S. The summed E-state index contributed by atoms with van der Waals surface area (Å²) in [5.41, 5.74) is -0.0387. The van der Waals surface area contributed by atoms with Gasteiger partial charge in [-0.3, -0.25) is 19.3 Å². The number of hydrogen-bond donors (Lipinski definition) is 2. The van der Waals surface area contributed by atoms with Gasteiger partial charge in [-0.15, -0.1) is 0 Å². The monoisotopic (exact) mass is 392 g/mol. The van der Waals surface area contributed by atoms with Crippen molar-refractivity contribution in [1.82, 2.24) is 14.5 Å². The van der Waals surface area contributed by atoms with E-state index in [1.54, 1.807) is 18.2 Å². The second kappa shape index (κ2) is 9.33. The molecule has 0 aliphatic heterocycles. The Balaban J connectivity index is 2.49. The van der Waals surface area contributed by atoms with Crippen LogP contribution in [0, 0.1) is 4.77 Å². The molecule has 27 heavy (non-hydrogen) atoms. The van der Waals surface area contributed by atoms with Gasteiger partial charge in [-0.05, 0) is 51.4 Å². The van der Waals surface area contributed by atoms with Gasteiger partial charge in [0, 0.05) is 18.8 Å². The van der Waals surface area contributed by atoms with Gasteiger partial charge in [-0.2, -0.15) is 0 Å². The fourth-order valence-electron chi connectivity index (χ4n) is 2.48. The predicted octanol–water partition coefficient (Wildman–Crippen LogP) is 1.99. The third-order valence-corrected chi connectivity index (χ3v) is 4.15. The number of H-pyrrole nitrogens is 1. The van der Waals surface area contributed by atoms with Crippen molar-refractivity contribution in [2.45, 2.75) is 6.42 Å². The Morgan fingerprint density at radius 3 is 2.70 bits per heavy atom. The minimum absolute atomic E-state index is 0.0262. The van der Waals surface area contributed by atoms with Gasteiger partial charge in [-0.25, -0.2) is 0 Å². The quantitative estimate of drug-likeness (QED) is 0.406. The molecule has 0 unspecified atom stereocenters. The predicted molar refractivity (Wildman–Crippen MR) is 108 cm³/mol. The van der Waals surface area contributed by atoms with Gasteiger partial charge in [0.1, 0.15) is 17.1 Å². The Hall–Kier alpha value is -2.65. The van der Waals surface area contributed by atoms with Crippen LogP contribution >= 0.6 is 12.2 Å². The van der Waals surface area contributed by atoms with Crippen LogP contribution in [0.2, 0.25) is 0 Å². The summed E-state index contributed by atoms with van der Waals surface area (Å²) < 4.78 is 11.9. The Labute approximate surface area is 162 Å². The fraction of sp³-hybridized carbons (Fsp3) is 0.389. The number of hydrogen-bond acceptors (Lipinski definition) is 7. The summed E-state index contributed by atoms with van der Waals surface area (Å²) in [5.74, 6) is 0.701. The SMILES string of the molecule is COc1ccc(OC)c(-n2c(O)c(C=NCCCN(C)C)c(=O)[nH]c2=S)c1. The lowest BCUT2D eigenvalue weighted by Gasteiger charge is -2.15. The highest BCUT2D eigenvalue weighted by atomic mass is 32.1. The molecule has 0 aliphatic carbocycles. The fourth-order valence-corrected chi connectivity index (χ4v) is 2.76. The highest BCUT2D eigenvalue weighted by molar-refractivity contribution is 7.71. The minimum atomic E-state index is -0.507. The van der Waals surface area contributed by atoms with Crippen molar-refractivity contribution < 1.29 is 14.6 Å². The molecule has 2 aromatic rings. The third kappa shape index (κ3) is 4.95. The van der Waals surface area contributed by atoms with Crippen LogP contribution in [-0.4, -0.2) is 67.2 Å². The van der Waals surface area contributed by atoms with Gasteiger partial charge in [0.05, 0.1) is 19.9 Å². The number of benzene rings is 1. The van der Waals surface area contributed by atoms with Crippen molar-refractivity contribution in [3.05, 3.63) is 38.9 Å². The smallest absolute Gasteiger partial charge is 0.264 e. The van der Waals surface area contributed by atoms with Crippen LogP contribution in [0.5, 0.6) is 17.4 Å². The zero-order chi connectivity index (χ0) is 20.0. The van der Waals surface area contributed by atoms with Crippen molar-refractivity contribution in [2.75, 3.05) is 41.4 Å². The molecule has 0 saturated heterocycles. The normalized spacial score (nSPS) is 11.3. The molecule has 8 nitrogen and oxygen atoms in total. The summed E-state index contributed by atoms with van der Waals surface area (Å²) in [7, 11) is 6.99. The molecule has 0 fully saturated rings. The van der Waals surface area contributed by atoms with E-state index in [4.69, 9.17) is 21.7 Å². The lowest BCUT2D eigenvalue weighted by molar-refractivity contribution is 0.394. The molecule has 9 heteroatoms. The lowest BCUT2D eigenvalue weighted by atomic mass is 10.2. The summed E-state index contributed by atoms with van der Waals surface area (Å²) >= 11 is 5.24. The standard InChI is InChI=1S/C18H24N4O4S/c1-21(2)9-5-8-19-11-13-16(23)20-18(27)22(17(13)24)14-10-12(25-3)6-7-15(14)26-4/h6-7,10-11,24H,5,8-9H2,1-4H3,(H,20,23,27). The number of methoxy groups -OCH3 is 2. The third-order valence-electron chi connectivity index (χ3n) is 3.86. The van der Waals surface area contributed by atoms with E-state index in [-0.39, 0.29) is 16.2 Å². The zero-order valence-electron chi connectivity index (χ0n) is 15.9. The average Bonchev–Trinajstić information content (AvgIpc) is 2.63. The van der Waals surface area contributed by atoms with Crippen LogP contribution in [0.25, 0.3) is 5.69 Å². The molecular weight excluding hydrogens is 368 g/mol. The van der Waals surface area contributed by atoms with Crippen molar-refractivity contribution in [2.24, 2.45) is 4.99 Å². The van der Waals surface area contributed by atoms with Gasteiger partial charge in [0.2, 0.25) is 5.88 Å². The topological polar surface area (TPSA) is 92.1 Å². The Bertz CT molecular complexity index is 934. The lowest BCUT2D eigenvalue weighted by Crippen LogP contribution is -2.18. The van der Waals surface area contributed by atoms with E-state index in [2.05, 4.69) is 14.9 Å². The van der Waals surface area contributed by atoms with Crippen LogP contribution in [0.15, 0.2) is 28.0 Å². The summed E-state index contributed by atoms with van der Waals surface area (Å²) in [4.78, 5) is 21.1. The first-order chi connectivity index (χ1) is 12.9. The van der Waals surface area contributed by atoms with Crippen LogP contribution in [-0.2, 0) is 0 Å². The van der Waals surface area contributed by atoms with E-state index in [1.807, 2.05) is 14.1 Å². The number of aromatic nitrogens is 2. The second-order valence-electron chi connectivity index (χ2n) is 6.06. The molecule has 1 aromatic carbocycles. The van der Waals surface area contributed by atoms with Crippen molar-refractivity contribution in [3.8, 4) is 23.1 Å². The average molecular weight is 392 g/mol. The maximum Gasteiger partial charge on any atom is 0.264 e. The van der Waals surface area contributed by atoms with Crippen molar-refractivity contribution in [1.29, 1.82) is 0 Å². The van der Waals surface area contributed by atoms with E-state index >= 15 is 0 Å². The zero-order valence-corrected chi connectivity index (χ0v) is 16.7. The van der Waals surface area contributed by atoms with Gasteiger partial charge >= 0.3 is 0 Å². The molecule has 0 bridgehead atoms.